The lowest BCUT2D eigenvalue weighted by Gasteiger charge is -2.31. The fourth-order valence-corrected chi connectivity index (χ4v) is 3.53. The Balaban J connectivity index is 1.67. The number of hydrogen-bond donors (Lipinski definition) is 0. The molecular formula is C19H18ClNO. The van der Waals surface area contributed by atoms with E-state index in [-0.39, 0.29) is 12.1 Å². The quantitative estimate of drug-likeness (QED) is 0.790. The van der Waals surface area contributed by atoms with Crippen LogP contribution in [0.25, 0.3) is 6.08 Å². The van der Waals surface area contributed by atoms with Crippen LogP contribution in [-0.4, -0.2) is 12.1 Å². The highest BCUT2D eigenvalue weighted by Gasteiger charge is 2.39. The smallest absolute Gasteiger partial charge is 0.0921 e. The van der Waals surface area contributed by atoms with Crippen LogP contribution >= 0.6 is 11.6 Å². The third-order valence-electron chi connectivity index (χ3n) is 4.50. The summed E-state index contributed by atoms with van der Waals surface area (Å²) in [5, 5.41) is 2.86. The van der Waals surface area contributed by atoms with Crippen molar-refractivity contribution < 1.29 is 4.84 Å². The van der Waals surface area contributed by atoms with Gasteiger partial charge in [0, 0.05) is 17.9 Å². The first-order valence-corrected chi connectivity index (χ1v) is 8.07. The molecule has 1 fully saturated rings. The van der Waals surface area contributed by atoms with Gasteiger partial charge >= 0.3 is 0 Å². The van der Waals surface area contributed by atoms with Crippen LogP contribution in [-0.2, 0) is 11.3 Å². The summed E-state index contributed by atoms with van der Waals surface area (Å²) in [4.78, 5) is 6.08. The van der Waals surface area contributed by atoms with Crippen molar-refractivity contribution in [2.45, 2.75) is 31.9 Å². The number of anilines is 1. The van der Waals surface area contributed by atoms with Crippen molar-refractivity contribution in [3.05, 3.63) is 70.3 Å². The normalized spacial score (nSPS) is 23.1. The molecule has 1 unspecified atom stereocenters. The lowest BCUT2D eigenvalue weighted by atomic mass is 10.0. The fraction of sp³-hybridized carbons (Fsp3) is 0.263. The molecule has 3 heteroatoms. The van der Waals surface area contributed by atoms with Crippen molar-refractivity contribution in [3.8, 4) is 0 Å². The summed E-state index contributed by atoms with van der Waals surface area (Å²) >= 11 is 6.30. The minimum atomic E-state index is 0.267. The van der Waals surface area contributed by atoms with Crippen molar-refractivity contribution in [2.75, 3.05) is 5.06 Å². The molecule has 112 valence electrons. The molecule has 2 aromatic carbocycles. The molecule has 0 N–H and O–H groups in total. The van der Waals surface area contributed by atoms with Crippen LogP contribution < -0.4 is 5.06 Å². The standard InChI is InChI=1S/C19H18ClNO/c1-13-18(20)10-8-15-11-17-12-16(21(22-17)19(13)15)9-7-14-5-3-2-4-6-14/h2-10,16-17H,11-12H2,1H3/b9-7+/t16-,17?/m1/s1. The van der Waals surface area contributed by atoms with E-state index in [9.17, 15) is 0 Å². The lowest BCUT2D eigenvalue weighted by molar-refractivity contribution is 0.0750. The van der Waals surface area contributed by atoms with Gasteiger partial charge in [-0.25, -0.2) is 5.06 Å². The van der Waals surface area contributed by atoms with E-state index < -0.39 is 0 Å². The van der Waals surface area contributed by atoms with Gasteiger partial charge in [-0.15, -0.1) is 0 Å². The van der Waals surface area contributed by atoms with Gasteiger partial charge in [0.15, 0.2) is 0 Å². The van der Waals surface area contributed by atoms with Crippen molar-refractivity contribution in [1.29, 1.82) is 0 Å². The SMILES string of the molecule is Cc1c(Cl)ccc2c1N1OC(C2)C[C@H]1/C=C/c1ccccc1. The van der Waals surface area contributed by atoms with E-state index >= 15 is 0 Å². The minimum Gasteiger partial charge on any atom is -0.269 e. The molecule has 0 spiro atoms. The Morgan fingerprint density at radius 1 is 1.18 bits per heavy atom. The molecule has 0 aliphatic carbocycles. The molecule has 2 aliphatic heterocycles. The van der Waals surface area contributed by atoms with E-state index in [4.69, 9.17) is 16.4 Å². The second-order valence-corrected chi connectivity index (χ2v) is 6.42. The summed E-state index contributed by atoms with van der Waals surface area (Å²) in [6.07, 6.45) is 6.69. The summed E-state index contributed by atoms with van der Waals surface area (Å²) in [6.45, 7) is 2.07. The number of halogens is 1. The van der Waals surface area contributed by atoms with Gasteiger partial charge in [-0.2, -0.15) is 0 Å². The van der Waals surface area contributed by atoms with E-state index in [0.717, 1.165) is 29.1 Å². The van der Waals surface area contributed by atoms with Crippen molar-refractivity contribution >= 4 is 23.4 Å². The Labute approximate surface area is 135 Å². The maximum absolute atomic E-state index is 6.30. The predicted octanol–water partition coefficient (Wildman–Crippen LogP) is 4.80. The molecule has 2 bridgehead atoms. The van der Waals surface area contributed by atoms with Crippen molar-refractivity contribution in [3.63, 3.8) is 0 Å². The molecule has 0 aromatic heterocycles. The van der Waals surface area contributed by atoms with Crippen LogP contribution in [0.5, 0.6) is 0 Å². The Morgan fingerprint density at radius 3 is 2.82 bits per heavy atom. The van der Waals surface area contributed by atoms with Crippen LogP contribution in [0.3, 0.4) is 0 Å². The highest BCUT2D eigenvalue weighted by molar-refractivity contribution is 6.31. The number of hydroxylamine groups is 1. The molecule has 2 heterocycles. The van der Waals surface area contributed by atoms with Crippen LogP contribution in [0.4, 0.5) is 5.69 Å². The van der Waals surface area contributed by atoms with Gasteiger partial charge in [-0.05, 0) is 29.7 Å². The van der Waals surface area contributed by atoms with Gasteiger partial charge in [0.1, 0.15) is 0 Å². The van der Waals surface area contributed by atoms with Crippen LogP contribution in [0.15, 0.2) is 48.5 Å². The summed E-state index contributed by atoms with van der Waals surface area (Å²) in [7, 11) is 0. The molecule has 2 atom stereocenters. The van der Waals surface area contributed by atoms with E-state index in [1.165, 1.54) is 11.1 Å². The molecular weight excluding hydrogens is 294 g/mol. The van der Waals surface area contributed by atoms with Gasteiger partial charge in [0.25, 0.3) is 0 Å². The third kappa shape index (κ3) is 2.33. The van der Waals surface area contributed by atoms with E-state index in [1.54, 1.807) is 0 Å². The molecule has 22 heavy (non-hydrogen) atoms. The Morgan fingerprint density at radius 2 is 2.00 bits per heavy atom. The van der Waals surface area contributed by atoms with Gasteiger partial charge in [-0.1, -0.05) is 60.2 Å². The van der Waals surface area contributed by atoms with E-state index in [1.807, 2.05) is 12.1 Å². The van der Waals surface area contributed by atoms with Crippen LogP contribution in [0.1, 0.15) is 23.1 Å². The van der Waals surface area contributed by atoms with Crippen molar-refractivity contribution in [2.24, 2.45) is 0 Å². The number of nitrogens with zero attached hydrogens (tertiary/aromatic N) is 1. The van der Waals surface area contributed by atoms with Crippen molar-refractivity contribution in [1.82, 2.24) is 0 Å². The van der Waals surface area contributed by atoms with Gasteiger partial charge in [-0.3, -0.25) is 4.84 Å². The first-order valence-electron chi connectivity index (χ1n) is 7.69. The van der Waals surface area contributed by atoms with E-state index in [0.29, 0.717) is 0 Å². The Bertz CT molecular complexity index is 726. The zero-order chi connectivity index (χ0) is 15.1. The molecule has 2 nitrogen and oxygen atoms in total. The highest BCUT2D eigenvalue weighted by atomic mass is 35.5. The number of rotatable bonds is 2. The largest absolute Gasteiger partial charge is 0.269 e. The van der Waals surface area contributed by atoms with Gasteiger partial charge in [0.05, 0.1) is 17.8 Å². The molecule has 1 saturated heterocycles. The summed E-state index contributed by atoms with van der Waals surface area (Å²) in [5.41, 5.74) is 4.82. The molecule has 2 aromatic rings. The lowest BCUT2D eigenvalue weighted by Crippen LogP contribution is -2.31. The summed E-state index contributed by atoms with van der Waals surface area (Å²) in [5.74, 6) is 0. The van der Waals surface area contributed by atoms with Crippen LogP contribution in [0, 0.1) is 6.92 Å². The fourth-order valence-electron chi connectivity index (χ4n) is 3.38. The first kappa shape index (κ1) is 13.9. The zero-order valence-electron chi connectivity index (χ0n) is 12.5. The summed E-state index contributed by atoms with van der Waals surface area (Å²) in [6, 6.07) is 14.8. The second kappa shape index (κ2) is 5.45. The molecule has 4 rings (SSSR count). The Kier molecular flexibility index (Phi) is 3.44. The summed E-state index contributed by atoms with van der Waals surface area (Å²) < 4.78 is 0. The molecule has 0 amide bonds. The maximum atomic E-state index is 6.30. The monoisotopic (exact) mass is 311 g/mol. The van der Waals surface area contributed by atoms with Gasteiger partial charge < -0.3 is 0 Å². The average Bonchev–Trinajstić information content (AvgIpc) is 2.86. The predicted molar refractivity (Wildman–Crippen MR) is 91.1 cm³/mol. The number of fused-ring (bicyclic) bond motifs is 4. The number of benzene rings is 2. The zero-order valence-corrected chi connectivity index (χ0v) is 13.3. The maximum Gasteiger partial charge on any atom is 0.0921 e. The van der Waals surface area contributed by atoms with Gasteiger partial charge in [0.2, 0.25) is 0 Å². The third-order valence-corrected chi connectivity index (χ3v) is 4.90. The molecule has 0 saturated carbocycles. The topological polar surface area (TPSA) is 12.5 Å². The highest BCUT2D eigenvalue weighted by Crippen LogP contribution is 2.42. The van der Waals surface area contributed by atoms with E-state index in [2.05, 4.69) is 54.5 Å². The molecule has 2 aliphatic rings. The molecule has 0 radical (unpaired) electrons. The number of hydrogen-bond acceptors (Lipinski definition) is 2. The minimum absolute atomic E-state index is 0.267. The average molecular weight is 312 g/mol. The Hall–Kier alpha value is -1.77. The van der Waals surface area contributed by atoms with Crippen LogP contribution in [0.2, 0.25) is 5.02 Å². The first-order chi connectivity index (χ1) is 10.7. The second-order valence-electron chi connectivity index (χ2n) is 6.01.